The van der Waals surface area contributed by atoms with Gasteiger partial charge in [0.1, 0.15) is 0 Å². The third kappa shape index (κ3) is 4.50. The minimum absolute atomic E-state index is 0.778. The van der Waals surface area contributed by atoms with Gasteiger partial charge in [-0.25, -0.2) is 0 Å². The number of piperazine rings is 1. The van der Waals surface area contributed by atoms with Crippen LogP contribution >= 0.6 is 0 Å². The van der Waals surface area contributed by atoms with Gasteiger partial charge in [-0.3, -0.25) is 4.90 Å². The average molecular weight is 315 g/mol. The highest BCUT2D eigenvalue weighted by molar-refractivity contribution is 5.55. The maximum Gasteiger partial charge on any atom is 0.0402 e. The zero-order valence-electron chi connectivity index (χ0n) is 15.1. The normalized spacial score (nSPS) is 21.6. The van der Waals surface area contributed by atoms with E-state index in [1.807, 2.05) is 0 Å². The van der Waals surface area contributed by atoms with Gasteiger partial charge in [0, 0.05) is 38.4 Å². The molecule has 1 aliphatic heterocycles. The van der Waals surface area contributed by atoms with Crippen molar-refractivity contribution in [1.82, 2.24) is 4.90 Å². The van der Waals surface area contributed by atoms with Gasteiger partial charge in [-0.1, -0.05) is 57.7 Å². The molecule has 2 aliphatic rings. The molecule has 2 nitrogen and oxygen atoms in total. The molecule has 0 spiro atoms. The standard InChI is InChI=1S/C21H34N2/c1-18(2)17-22-13-15-23(16-14-22)21-12-8-7-11-20(21)19-9-5-3-4-6-10-19/h7-8,11-12,18-19H,3-6,9-10,13-17H2,1-2H3. The Morgan fingerprint density at radius 1 is 0.913 bits per heavy atom. The van der Waals surface area contributed by atoms with Crippen LogP contribution in [0.3, 0.4) is 0 Å². The minimum Gasteiger partial charge on any atom is -0.369 e. The van der Waals surface area contributed by atoms with Gasteiger partial charge in [-0.2, -0.15) is 0 Å². The molecule has 2 heteroatoms. The number of para-hydroxylation sites is 1. The van der Waals surface area contributed by atoms with Crippen molar-refractivity contribution < 1.29 is 0 Å². The Morgan fingerprint density at radius 3 is 2.22 bits per heavy atom. The third-order valence-electron chi connectivity index (χ3n) is 5.57. The molecule has 0 N–H and O–H groups in total. The van der Waals surface area contributed by atoms with Gasteiger partial charge < -0.3 is 4.90 Å². The first kappa shape index (κ1) is 16.8. The largest absolute Gasteiger partial charge is 0.369 e. The Hall–Kier alpha value is -1.02. The van der Waals surface area contributed by atoms with Crippen LogP contribution in [0.4, 0.5) is 5.69 Å². The molecule has 1 heterocycles. The minimum atomic E-state index is 0.778. The van der Waals surface area contributed by atoms with Crippen molar-refractivity contribution in [2.75, 3.05) is 37.6 Å². The SMILES string of the molecule is CC(C)CN1CCN(c2ccccc2C2CCCCCC2)CC1. The summed E-state index contributed by atoms with van der Waals surface area (Å²) >= 11 is 0. The molecular weight excluding hydrogens is 280 g/mol. The number of hydrogen-bond acceptors (Lipinski definition) is 2. The van der Waals surface area contributed by atoms with Crippen LogP contribution in [0, 0.1) is 5.92 Å². The van der Waals surface area contributed by atoms with Crippen molar-refractivity contribution in [3.8, 4) is 0 Å². The molecule has 1 aliphatic carbocycles. The first-order valence-corrected chi connectivity index (χ1v) is 9.80. The second-order valence-corrected chi connectivity index (χ2v) is 7.93. The fraction of sp³-hybridized carbons (Fsp3) is 0.714. The molecule has 0 amide bonds. The molecule has 0 unspecified atom stereocenters. The predicted octanol–water partition coefficient (Wildman–Crippen LogP) is 4.90. The summed E-state index contributed by atoms with van der Waals surface area (Å²) in [6.45, 7) is 10.7. The lowest BCUT2D eigenvalue weighted by Gasteiger charge is -2.38. The van der Waals surface area contributed by atoms with Crippen LogP contribution in [0.2, 0.25) is 0 Å². The van der Waals surface area contributed by atoms with Crippen LogP contribution in [0.15, 0.2) is 24.3 Å². The van der Waals surface area contributed by atoms with Gasteiger partial charge in [0.2, 0.25) is 0 Å². The van der Waals surface area contributed by atoms with Gasteiger partial charge in [0.15, 0.2) is 0 Å². The van der Waals surface area contributed by atoms with E-state index in [0.29, 0.717) is 0 Å². The lowest BCUT2D eigenvalue weighted by Crippen LogP contribution is -2.47. The average Bonchev–Trinajstić information content (AvgIpc) is 2.84. The maximum absolute atomic E-state index is 2.65. The van der Waals surface area contributed by atoms with Crippen LogP contribution in [0.5, 0.6) is 0 Å². The number of benzene rings is 1. The zero-order valence-corrected chi connectivity index (χ0v) is 15.1. The number of rotatable bonds is 4. The topological polar surface area (TPSA) is 6.48 Å². The maximum atomic E-state index is 2.65. The highest BCUT2D eigenvalue weighted by Crippen LogP contribution is 2.37. The van der Waals surface area contributed by atoms with Crippen LogP contribution in [-0.4, -0.2) is 37.6 Å². The zero-order chi connectivity index (χ0) is 16.1. The fourth-order valence-electron chi connectivity index (χ4n) is 4.40. The predicted molar refractivity (Wildman–Crippen MR) is 100 cm³/mol. The second-order valence-electron chi connectivity index (χ2n) is 7.93. The Balaban J connectivity index is 1.68. The van der Waals surface area contributed by atoms with Crippen molar-refractivity contribution in [2.24, 2.45) is 5.92 Å². The van der Waals surface area contributed by atoms with Crippen molar-refractivity contribution >= 4 is 5.69 Å². The molecule has 0 bridgehead atoms. The molecule has 3 rings (SSSR count). The molecule has 128 valence electrons. The molecule has 0 aromatic heterocycles. The number of nitrogens with zero attached hydrogens (tertiary/aromatic N) is 2. The summed E-state index contributed by atoms with van der Waals surface area (Å²) in [6.07, 6.45) is 8.50. The summed E-state index contributed by atoms with van der Waals surface area (Å²) in [6, 6.07) is 9.26. The molecular formula is C21H34N2. The van der Waals surface area contributed by atoms with Gasteiger partial charge in [-0.15, -0.1) is 0 Å². The highest BCUT2D eigenvalue weighted by Gasteiger charge is 2.23. The molecule has 23 heavy (non-hydrogen) atoms. The Labute approximate surface area is 142 Å². The van der Waals surface area contributed by atoms with Crippen molar-refractivity contribution in [2.45, 2.75) is 58.3 Å². The number of anilines is 1. The van der Waals surface area contributed by atoms with Gasteiger partial charge in [-0.05, 0) is 36.3 Å². The molecule has 2 fully saturated rings. The second kappa shape index (κ2) is 8.19. The van der Waals surface area contributed by atoms with Crippen LogP contribution in [0.25, 0.3) is 0 Å². The van der Waals surface area contributed by atoms with Crippen LogP contribution in [0.1, 0.15) is 63.9 Å². The first-order valence-electron chi connectivity index (χ1n) is 9.80. The molecule has 1 aromatic carbocycles. The Morgan fingerprint density at radius 2 is 1.57 bits per heavy atom. The monoisotopic (exact) mass is 314 g/mol. The lowest BCUT2D eigenvalue weighted by molar-refractivity contribution is 0.231. The summed E-state index contributed by atoms with van der Waals surface area (Å²) in [5, 5.41) is 0. The lowest BCUT2D eigenvalue weighted by atomic mass is 9.90. The van der Waals surface area contributed by atoms with E-state index < -0.39 is 0 Å². The van der Waals surface area contributed by atoms with E-state index in [2.05, 4.69) is 47.9 Å². The molecule has 1 saturated heterocycles. The van der Waals surface area contributed by atoms with Crippen molar-refractivity contribution in [3.05, 3.63) is 29.8 Å². The molecule has 1 saturated carbocycles. The summed E-state index contributed by atoms with van der Waals surface area (Å²) < 4.78 is 0. The van der Waals surface area contributed by atoms with Crippen molar-refractivity contribution in [3.63, 3.8) is 0 Å². The smallest absolute Gasteiger partial charge is 0.0402 e. The summed E-state index contributed by atoms with van der Waals surface area (Å²) in [4.78, 5) is 5.28. The summed E-state index contributed by atoms with van der Waals surface area (Å²) in [5.74, 6) is 1.57. The third-order valence-corrected chi connectivity index (χ3v) is 5.57. The van der Waals surface area contributed by atoms with E-state index in [4.69, 9.17) is 0 Å². The summed E-state index contributed by atoms with van der Waals surface area (Å²) in [7, 11) is 0. The van der Waals surface area contributed by atoms with Gasteiger partial charge in [0.05, 0.1) is 0 Å². The highest BCUT2D eigenvalue weighted by atomic mass is 15.3. The Bertz CT molecular complexity index is 466. The van der Waals surface area contributed by atoms with Crippen LogP contribution < -0.4 is 4.90 Å². The van der Waals surface area contributed by atoms with Crippen LogP contribution in [-0.2, 0) is 0 Å². The van der Waals surface area contributed by atoms with Gasteiger partial charge >= 0.3 is 0 Å². The van der Waals surface area contributed by atoms with E-state index in [9.17, 15) is 0 Å². The molecule has 0 radical (unpaired) electrons. The number of hydrogen-bond donors (Lipinski definition) is 0. The molecule has 1 aromatic rings. The van der Waals surface area contributed by atoms with Crippen molar-refractivity contribution in [1.29, 1.82) is 0 Å². The van der Waals surface area contributed by atoms with Gasteiger partial charge in [0.25, 0.3) is 0 Å². The quantitative estimate of drug-likeness (QED) is 0.729. The Kier molecular flexibility index (Phi) is 5.99. The van der Waals surface area contributed by atoms with E-state index in [0.717, 1.165) is 11.8 Å². The van der Waals surface area contributed by atoms with E-state index in [1.54, 1.807) is 5.56 Å². The summed E-state index contributed by atoms with van der Waals surface area (Å²) in [5.41, 5.74) is 3.16. The molecule has 0 atom stereocenters. The van der Waals surface area contributed by atoms with E-state index >= 15 is 0 Å². The fourth-order valence-corrected chi connectivity index (χ4v) is 4.40. The van der Waals surface area contributed by atoms with E-state index in [1.165, 1.54) is 76.9 Å². The first-order chi connectivity index (χ1) is 11.2. The van der Waals surface area contributed by atoms with E-state index in [-0.39, 0.29) is 0 Å².